The Hall–Kier alpha value is 1.06. The maximum Gasteiger partial charge on any atom is 4.00 e. The minimum absolute atomic E-state index is 0. The molecule has 0 aromatic rings. The second kappa shape index (κ2) is 12.1. The number of allylic oxidation sites excluding steroid dienone is 4. The van der Waals surface area contributed by atoms with Crippen molar-refractivity contribution >= 4 is 0 Å². The van der Waals surface area contributed by atoms with Crippen LogP contribution in [0.25, 0.3) is 0 Å². The van der Waals surface area contributed by atoms with Crippen LogP contribution in [0, 0.1) is 12.0 Å². The standard InChI is InChI=1S/C8H11.3ClH.Ti/c1-3-8-5-4-7(2)6-8;;;;/h5-7H,3H2,1-2H3;3*1H;/q-1;;;;+4/p-3. The molecule has 0 nitrogen and oxygen atoms in total. The van der Waals surface area contributed by atoms with E-state index in [9.17, 15) is 0 Å². The fraction of sp³-hybridized carbons (Fsp3) is 0.500. The van der Waals surface area contributed by atoms with E-state index in [-0.39, 0.29) is 58.9 Å². The third-order valence-corrected chi connectivity index (χ3v) is 1.40. The van der Waals surface area contributed by atoms with E-state index < -0.39 is 0 Å². The molecule has 1 rings (SSSR count). The minimum atomic E-state index is 0. The average Bonchev–Trinajstić information content (AvgIpc) is 2.14. The molecule has 0 heterocycles. The van der Waals surface area contributed by atoms with Crippen LogP contribution in [-0.4, -0.2) is 0 Å². The predicted molar refractivity (Wildman–Crippen MR) is 35.4 cm³/mol. The van der Waals surface area contributed by atoms with Crippen LogP contribution in [0.3, 0.4) is 0 Å². The molecule has 4 heteroatoms. The van der Waals surface area contributed by atoms with E-state index in [4.69, 9.17) is 0 Å². The number of rotatable bonds is 1. The van der Waals surface area contributed by atoms with Crippen molar-refractivity contribution in [3.05, 3.63) is 23.8 Å². The molecule has 0 spiro atoms. The first-order valence-electron chi connectivity index (χ1n) is 3.13. The molecule has 0 aliphatic heterocycles. The molecular formula is C8H11Cl3Ti. The van der Waals surface area contributed by atoms with Crippen LogP contribution < -0.4 is 37.2 Å². The summed E-state index contributed by atoms with van der Waals surface area (Å²) in [5, 5.41) is 0. The van der Waals surface area contributed by atoms with Gasteiger partial charge in [0.1, 0.15) is 0 Å². The van der Waals surface area contributed by atoms with Crippen LogP contribution in [0.1, 0.15) is 20.3 Å². The molecule has 0 radical (unpaired) electrons. The van der Waals surface area contributed by atoms with Crippen molar-refractivity contribution in [2.45, 2.75) is 20.3 Å². The summed E-state index contributed by atoms with van der Waals surface area (Å²) in [6, 6.07) is 0. The zero-order valence-electron chi connectivity index (χ0n) is 7.07. The normalized spacial score (nSPS) is 17.5. The number of hydrogen-bond acceptors (Lipinski definition) is 0. The molecule has 12 heavy (non-hydrogen) atoms. The van der Waals surface area contributed by atoms with Gasteiger partial charge in [-0.1, -0.05) is 26.2 Å². The van der Waals surface area contributed by atoms with Crippen LogP contribution in [-0.2, 0) is 21.7 Å². The predicted octanol–water partition coefficient (Wildman–Crippen LogP) is -6.66. The smallest absolute Gasteiger partial charge is 1.00 e. The molecule has 1 unspecified atom stereocenters. The zero-order chi connectivity index (χ0) is 5.98. The molecule has 0 aromatic carbocycles. The van der Waals surface area contributed by atoms with Gasteiger partial charge in [-0.05, 0) is 0 Å². The monoisotopic (exact) mass is 260 g/mol. The summed E-state index contributed by atoms with van der Waals surface area (Å²) < 4.78 is 0. The Morgan fingerprint density at radius 1 is 1.33 bits per heavy atom. The van der Waals surface area contributed by atoms with Gasteiger partial charge in [0, 0.05) is 0 Å². The van der Waals surface area contributed by atoms with Gasteiger partial charge in [0.2, 0.25) is 0 Å². The summed E-state index contributed by atoms with van der Waals surface area (Å²) in [6.07, 6.45) is 8.69. The van der Waals surface area contributed by atoms with Crippen molar-refractivity contribution in [2.24, 2.45) is 5.92 Å². The Morgan fingerprint density at radius 3 is 2.00 bits per heavy atom. The van der Waals surface area contributed by atoms with Crippen molar-refractivity contribution < 1.29 is 58.9 Å². The summed E-state index contributed by atoms with van der Waals surface area (Å²) in [5.41, 5.74) is 1.43. The molecule has 0 N–H and O–H groups in total. The Bertz CT molecular complexity index is 143. The van der Waals surface area contributed by atoms with Crippen molar-refractivity contribution in [1.29, 1.82) is 0 Å². The summed E-state index contributed by atoms with van der Waals surface area (Å²) in [6.45, 7) is 4.32. The van der Waals surface area contributed by atoms with Crippen molar-refractivity contribution in [2.75, 3.05) is 0 Å². The Balaban J connectivity index is -0.0000000800. The number of hydrogen-bond donors (Lipinski definition) is 0. The molecule has 0 fully saturated rings. The first kappa shape index (κ1) is 23.1. The molecule has 0 bridgehead atoms. The summed E-state index contributed by atoms with van der Waals surface area (Å²) in [7, 11) is 0. The molecule has 68 valence electrons. The van der Waals surface area contributed by atoms with Crippen molar-refractivity contribution in [1.82, 2.24) is 0 Å². The largest absolute Gasteiger partial charge is 4.00 e. The maximum absolute atomic E-state index is 3.20. The SMILES string of the molecule is CCC1=CC(C)[C-]=C1.[Cl-].[Cl-].[Cl-].[Ti+4]. The quantitative estimate of drug-likeness (QED) is 0.325. The van der Waals surface area contributed by atoms with Crippen LogP contribution in [0.2, 0.25) is 0 Å². The van der Waals surface area contributed by atoms with Gasteiger partial charge in [0.25, 0.3) is 0 Å². The van der Waals surface area contributed by atoms with Gasteiger partial charge in [0.05, 0.1) is 0 Å². The fourth-order valence-electron chi connectivity index (χ4n) is 0.876. The van der Waals surface area contributed by atoms with Gasteiger partial charge >= 0.3 is 21.7 Å². The first-order valence-corrected chi connectivity index (χ1v) is 3.13. The van der Waals surface area contributed by atoms with E-state index in [2.05, 4.69) is 32.1 Å². The molecule has 0 saturated carbocycles. The molecule has 1 aliphatic rings. The van der Waals surface area contributed by atoms with Crippen LogP contribution in [0.4, 0.5) is 0 Å². The van der Waals surface area contributed by atoms with E-state index in [0.717, 1.165) is 6.42 Å². The summed E-state index contributed by atoms with van der Waals surface area (Å²) in [5.74, 6) is 0.560. The van der Waals surface area contributed by atoms with Crippen molar-refractivity contribution in [3.8, 4) is 0 Å². The van der Waals surface area contributed by atoms with E-state index in [0.29, 0.717) is 5.92 Å². The second-order valence-corrected chi connectivity index (χ2v) is 2.19. The third kappa shape index (κ3) is 7.70. The van der Waals surface area contributed by atoms with Gasteiger partial charge in [-0.2, -0.15) is 6.08 Å². The third-order valence-electron chi connectivity index (χ3n) is 1.40. The van der Waals surface area contributed by atoms with Gasteiger partial charge in [0.15, 0.2) is 0 Å². The van der Waals surface area contributed by atoms with E-state index in [1.807, 2.05) is 0 Å². The molecule has 0 saturated heterocycles. The van der Waals surface area contributed by atoms with E-state index in [1.165, 1.54) is 5.57 Å². The van der Waals surface area contributed by atoms with Gasteiger partial charge < -0.3 is 37.2 Å². The number of halogens is 3. The fourth-order valence-corrected chi connectivity index (χ4v) is 0.876. The molecule has 0 amide bonds. The Kier molecular flexibility index (Phi) is 23.3. The molecular weight excluding hydrogens is 250 g/mol. The maximum atomic E-state index is 3.20. The summed E-state index contributed by atoms with van der Waals surface area (Å²) in [4.78, 5) is 0. The molecule has 1 aliphatic carbocycles. The van der Waals surface area contributed by atoms with Gasteiger partial charge in [-0.25, -0.2) is 11.6 Å². The van der Waals surface area contributed by atoms with Gasteiger partial charge in [-0.3, -0.25) is 6.08 Å². The molecule has 0 aromatic heterocycles. The first-order chi connectivity index (χ1) is 3.83. The Labute approximate surface area is 108 Å². The molecule has 1 atom stereocenters. The second-order valence-electron chi connectivity index (χ2n) is 2.19. The summed E-state index contributed by atoms with van der Waals surface area (Å²) >= 11 is 0. The van der Waals surface area contributed by atoms with Crippen LogP contribution >= 0.6 is 0 Å². The zero-order valence-corrected chi connectivity index (χ0v) is 10.9. The Morgan fingerprint density at radius 2 is 1.83 bits per heavy atom. The van der Waals surface area contributed by atoms with Crippen LogP contribution in [0.5, 0.6) is 0 Å². The van der Waals surface area contributed by atoms with Crippen molar-refractivity contribution in [3.63, 3.8) is 0 Å². The minimum Gasteiger partial charge on any atom is -1.00 e. The average molecular weight is 261 g/mol. The van der Waals surface area contributed by atoms with Gasteiger partial charge in [-0.15, -0.1) is 0 Å². The van der Waals surface area contributed by atoms with E-state index >= 15 is 0 Å². The van der Waals surface area contributed by atoms with E-state index in [1.54, 1.807) is 0 Å². The van der Waals surface area contributed by atoms with Crippen LogP contribution in [0.15, 0.2) is 17.7 Å². The topological polar surface area (TPSA) is 0 Å².